The molecule has 2 unspecified atom stereocenters. The van der Waals surface area contributed by atoms with Crippen LogP contribution in [0.2, 0.25) is 0 Å². The number of carbonyl (C=O) groups excluding carboxylic acids is 2. The van der Waals surface area contributed by atoms with Gasteiger partial charge in [-0.25, -0.2) is 0 Å². The highest BCUT2D eigenvalue weighted by atomic mass is 16.6. The molecule has 0 aromatic carbocycles. The standard InChI is InChI=1S/C17H28O6/c18-16-8-6-14(22-16)4-1-10-20-12-3-13-21-11-2-5-15-7-9-17(19)23-15/h14-15H,1-13H2. The second kappa shape index (κ2) is 10.6. The van der Waals surface area contributed by atoms with Crippen molar-refractivity contribution in [3.05, 3.63) is 0 Å². The quantitative estimate of drug-likeness (QED) is 0.405. The molecule has 2 heterocycles. The Balaban J connectivity index is 1.28. The fourth-order valence-corrected chi connectivity index (χ4v) is 2.86. The maximum atomic E-state index is 10.9. The molecule has 2 fully saturated rings. The third-order valence-electron chi connectivity index (χ3n) is 4.14. The first kappa shape index (κ1) is 18.2. The van der Waals surface area contributed by atoms with E-state index in [1.54, 1.807) is 0 Å². The SMILES string of the molecule is O=C1CCC(CCCOCCCOCCCC2CCC(=O)O2)O1. The predicted molar refractivity (Wildman–Crippen MR) is 83.0 cm³/mol. The molecule has 0 aromatic rings. The highest BCUT2D eigenvalue weighted by Gasteiger charge is 2.23. The minimum Gasteiger partial charge on any atom is -0.462 e. The molecule has 6 nitrogen and oxygen atoms in total. The van der Waals surface area contributed by atoms with E-state index < -0.39 is 0 Å². The number of cyclic esters (lactones) is 2. The van der Waals surface area contributed by atoms with Crippen LogP contribution < -0.4 is 0 Å². The van der Waals surface area contributed by atoms with Crippen LogP contribution in [0.4, 0.5) is 0 Å². The van der Waals surface area contributed by atoms with E-state index in [0.29, 0.717) is 39.3 Å². The van der Waals surface area contributed by atoms with Crippen molar-refractivity contribution in [2.24, 2.45) is 0 Å². The van der Waals surface area contributed by atoms with Gasteiger partial charge in [0.15, 0.2) is 0 Å². The maximum absolute atomic E-state index is 10.9. The molecule has 0 aromatic heterocycles. The van der Waals surface area contributed by atoms with E-state index >= 15 is 0 Å². The summed E-state index contributed by atoms with van der Waals surface area (Å²) in [4.78, 5) is 21.9. The minimum atomic E-state index is -0.0702. The summed E-state index contributed by atoms with van der Waals surface area (Å²) in [6.45, 7) is 2.82. The van der Waals surface area contributed by atoms with Crippen molar-refractivity contribution >= 4 is 11.9 Å². The number of hydrogen-bond acceptors (Lipinski definition) is 6. The molecule has 0 bridgehead atoms. The molecule has 132 valence electrons. The van der Waals surface area contributed by atoms with Gasteiger partial charge in [-0.05, 0) is 44.9 Å². The number of carbonyl (C=O) groups is 2. The first-order valence-corrected chi connectivity index (χ1v) is 8.78. The Hall–Kier alpha value is -1.14. The van der Waals surface area contributed by atoms with Gasteiger partial charge in [-0.1, -0.05) is 0 Å². The summed E-state index contributed by atoms with van der Waals surface area (Å²) in [7, 11) is 0. The Morgan fingerprint density at radius 3 is 1.57 bits per heavy atom. The lowest BCUT2D eigenvalue weighted by Crippen LogP contribution is -2.10. The summed E-state index contributed by atoms with van der Waals surface area (Å²) in [6.07, 6.45) is 7.58. The van der Waals surface area contributed by atoms with Crippen molar-refractivity contribution in [3.8, 4) is 0 Å². The normalized spacial score (nSPS) is 24.0. The van der Waals surface area contributed by atoms with Gasteiger partial charge in [0.25, 0.3) is 0 Å². The van der Waals surface area contributed by atoms with Gasteiger partial charge >= 0.3 is 11.9 Å². The third kappa shape index (κ3) is 7.79. The van der Waals surface area contributed by atoms with Crippen LogP contribution in [0, 0.1) is 0 Å². The fourth-order valence-electron chi connectivity index (χ4n) is 2.86. The first-order valence-electron chi connectivity index (χ1n) is 8.78. The largest absolute Gasteiger partial charge is 0.462 e. The molecule has 0 radical (unpaired) electrons. The number of esters is 2. The average Bonchev–Trinajstić information content (AvgIpc) is 3.13. The van der Waals surface area contributed by atoms with E-state index in [4.69, 9.17) is 18.9 Å². The molecule has 0 N–H and O–H groups in total. The topological polar surface area (TPSA) is 71.1 Å². The molecule has 0 aliphatic carbocycles. The molecule has 23 heavy (non-hydrogen) atoms. The molecule has 2 aliphatic heterocycles. The van der Waals surface area contributed by atoms with Crippen molar-refractivity contribution in [2.45, 2.75) is 70.0 Å². The van der Waals surface area contributed by atoms with E-state index in [0.717, 1.165) is 44.9 Å². The summed E-state index contributed by atoms with van der Waals surface area (Å²) < 4.78 is 21.4. The van der Waals surface area contributed by atoms with Crippen LogP contribution in [-0.2, 0) is 28.5 Å². The van der Waals surface area contributed by atoms with Gasteiger partial charge in [-0.15, -0.1) is 0 Å². The number of rotatable bonds is 12. The average molecular weight is 328 g/mol. The van der Waals surface area contributed by atoms with Crippen LogP contribution in [-0.4, -0.2) is 50.6 Å². The minimum absolute atomic E-state index is 0.0702. The van der Waals surface area contributed by atoms with E-state index in [-0.39, 0.29) is 24.1 Å². The van der Waals surface area contributed by atoms with Crippen LogP contribution in [0.25, 0.3) is 0 Å². The highest BCUT2D eigenvalue weighted by Crippen LogP contribution is 2.18. The van der Waals surface area contributed by atoms with E-state index in [9.17, 15) is 9.59 Å². The predicted octanol–water partition coefficient (Wildman–Crippen LogP) is 2.38. The van der Waals surface area contributed by atoms with Crippen LogP contribution in [0.1, 0.15) is 57.8 Å². The van der Waals surface area contributed by atoms with Crippen LogP contribution in [0.3, 0.4) is 0 Å². The van der Waals surface area contributed by atoms with Crippen LogP contribution in [0.15, 0.2) is 0 Å². The smallest absolute Gasteiger partial charge is 0.306 e. The molecular formula is C17H28O6. The van der Waals surface area contributed by atoms with Crippen molar-refractivity contribution in [2.75, 3.05) is 26.4 Å². The zero-order chi connectivity index (χ0) is 16.3. The molecule has 2 rings (SSSR count). The first-order chi connectivity index (χ1) is 11.2. The second-order valence-electron chi connectivity index (χ2n) is 6.16. The molecule has 0 amide bonds. The van der Waals surface area contributed by atoms with Crippen LogP contribution in [0.5, 0.6) is 0 Å². The molecule has 0 spiro atoms. The molecular weight excluding hydrogens is 300 g/mol. The van der Waals surface area contributed by atoms with Gasteiger partial charge in [0.05, 0.1) is 0 Å². The Morgan fingerprint density at radius 1 is 0.739 bits per heavy atom. The zero-order valence-corrected chi connectivity index (χ0v) is 13.8. The number of hydrogen-bond donors (Lipinski definition) is 0. The Morgan fingerprint density at radius 2 is 1.17 bits per heavy atom. The monoisotopic (exact) mass is 328 g/mol. The van der Waals surface area contributed by atoms with Crippen LogP contribution >= 0.6 is 0 Å². The van der Waals surface area contributed by atoms with E-state index in [2.05, 4.69) is 0 Å². The molecule has 0 saturated carbocycles. The zero-order valence-electron chi connectivity index (χ0n) is 13.8. The lowest BCUT2D eigenvalue weighted by molar-refractivity contribution is -0.142. The second-order valence-corrected chi connectivity index (χ2v) is 6.16. The molecule has 2 atom stereocenters. The van der Waals surface area contributed by atoms with Gasteiger partial charge in [-0.3, -0.25) is 9.59 Å². The lowest BCUT2D eigenvalue weighted by Gasteiger charge is -2.10. The summed E-state index contributed by atoms with van der Waals surface area (Å²) in [5.41, 5.74) is 0. The van der Waals surface area contributed by atoms with Crippen molar-refractivity contribution in [1.82, 2.24) is 0 Å². The maximum Gasteiger partial charge on any atom is 0.306 e. The third-order valence-corrected chi connectivity index (χ3v) is 4.14. The molecule has 2 saturated heterocycles. The Bertz CT molecular complexity index is 336. The summed E-state index contributed by atoms with van der Waals surface area (Å²) in [5, 5.41) is 0. The summed E-state index contributed by atoms with van der Waals surface area (Å²) >= 11 is 0. The van der Waals surface area contributed by atoms with Crippen molar-refractivity contribution < 1.29 is 28.5 Å². The van der Waals surface area contributed by atoms with E-state index in [1.807, 2.05) is 0 Å². The van der Waals surface area contributed by atoms with Gasteiger partial charge in [0.2, 0.25) is 0 Å². The number of ether oxygens (including phenoxy) is 4. The lowest BCUT2D eigenvalue weighted by atomic mass is 10.1. The van der Waals surface area contributed by atoms with Crippen molar-refractivity contribution in [1.29, 1.82) is 0 Å². The highest BCUT2D eigenvalue weighted by molar-refractivity contribution is 5.71. The van der Waals surface area contributed by atoms with E-state index in [1.165, 1.54) is 0 Å². The van der Waals surface area contributed by atoms with Gasteiger partial charge in [-0.2, -0.15) is 0 Å². The summed E-state index contributed by atoms with van der Waals surface area (Å²) in [5.74, 6) is -0.140. The Labute approximate surface area is 137 Å². The molecule has 6 heteroatoms. The van der Waals surface area contributed by atoms with Gasteiger partial charge in [0, 0.05) is 39.3 Å². The van der Waals surface area contributed by atoms with Gasteiger partial charge < -0.3 is 18.9 Å². The Kier molecular flexibility index (Phi) is 8.39. The van der Waals surface area contributed by atoms with Crippen molar-refractivity contribution in [3.63, 3.8) is 0 Å². The summed E-state index contributed by atoms with van der Waals surface area (Å²) in [6, 6.07) is 0. The fraction of sp³-hybridized carbons (Fsp3) is 0.882. The molecule has 2 aliphatic rings. The van der Waals surface area contributed by atoms with Gasteiger partial charge in [0.1, 0.15) is 12.2 Å².